The highest BCUT2D eigenvalue weighted by atomic mass is 127. The molecule has 1 aliphatic heterocycles. The zero-order chi connectivity index (χ0) is 20.7. The lowest BCUT2D eigenvalue weighted by Crippen LogP contribution is -2.63. The fourth-order valence-corrected chi connectivity index (χ4v) is 2.64. The minimum absolute atomic E-state index is 0. The average Bonchev–Trinajstić information content (AvgIpc) is 2.60. The number of likely N-dealkylation sites (tertiary alicyclic amines) is 1. The summed E-state index contributed by atoms with van der Waals surface area (Å²) in [5, 5.41) is 9.15. The monoisotopic (exact) mass is 517 g/mol. The number of guanidine groups is 1. The van der Waals surface area contributed by atoms with Crippen LogP contribution in [0.25, 0.3) is 0 Å². The zero-order valence-corrected chi connectivity index (χ0v) is 20.1. The summed E-state index contributed by atoms with van der Waals surface area (Å²) in [7, 11) is 1.61. The number of rotatable bonds is 5. The van der Waals surface area contributed by atoms with Gasteiger partial charge in [-0.1, -0.05) is 12.1 Å². The van der Waals surface area contributed by atoms with Crippen LogP contribution in [0.15, 0.2) is 29.3 Å². The van der Waals surface area contributed by atoms with E-state index < -0.39 is 5.60 Å². The summed E-state index contributed by atoms with van der Waals surface area (Å²) >= 11 is 0. The van der Waals surface area contributed by atoms with Crippen molar-refractivity contribution in [2.45, 2.75) is 45.9 Å². The van der Waals surface area contributed by atoms with Crippen molar-refractivity contribution in [2.24, 2.45) is 4.99 Å². The maximum absolute atomic E-state index is 12.0. The molecule has 0 radical (unpaired) electrons. The number of benzene rings is 1. The Balaban J connectivity index is 0.00000420. The van der Waals surface area contributed by atoms with Gasteiger partial charge < -0.3 is 25.6 Å². The smallest absolute Gasteiger partial charge is 0.410 e. The molecule has 0 aliphatic carbocycles. The van der Waals surface area contributed by atoms with Crippen molar-refractivity contribution in [3.8, 4) is 0 Å². The standard InChI is InChI=1S/C20H31N5O3.HI/c1-6-22-18(23-11-14-7-9-15(10-8-14)17(26)21-5)24-16-12-25(13-16)19(27)28-20(2,3)4;/h7-10,16H,6,11-13H2,1-5H3,(H,21,26)(H2,22,23,24);1H. The molecule has 0 atom stereocenters. The van der Waals surface area contributed by atoms with Gasteiger partial charge in [0.2, 0.25) is 0 Å². The first-order chi connectivity index (χ1) is 13.2. The molecule has 29 heavy (non-hydrogen) atoms. The third-order valence-electron chi connectivity index (χ3n) is 4.08. The summed E-state index contributed by atoms with van der Waals surface area (Å²) in [6.45, 7) is 9.98. The molecule has 1 aromatic carbocycles. The molecule has 162 valence electrons. The topological polar surface area (TPSA) is 95.1 Å². The van der Waals surface area contributed by atoms with Crippen LogP contribution in [0.4, 0.5) is 4.79 Å². The highest BCUT2D eigenvalue weighted by Crippen LogP contribution is 2.15. The molecule has 9 heteroatoms. The molecular weight excluding hydrogens is 485 g/mol. The lowest BCUT2D eigenvalue weighted by atomic mass is 10.1. The predicted molar refractivity (Wildman–Crippen MR) is 125 cm³/mol. The lowest BCUT2D eigenvalue weighted by molar-refractivity contribution is 0.00700. The molecule has 8 nitrogen and oxygen atoms in total. The second kappa shape index (κ2) is 11.2. The molecule has 1 heterocycles. The number of carbonyl (C=O) groups is 2. The Morgan fingerprint density at radius 2 is 1.83 bits per heavy atom. The minimum atomic E-state index is -0.487. The van der Waals surface area contributed by atoms with Crippen molar-refractivity contribution in [2.75, 3.05) is 26.7 Å². The number of aliphatic imine (C=N–C) groups is 1. The van der Waals surface area contributed by atoms with Crippen molar-refractivity contribution >= 4 is 41.9 Å². The molecular formula is C20H32IN5O3. The van der Waals surface area contributed by atoms with Gasteiger partial charge in [-0.15, -0.1) is 24.0 Å². The molecule has 0 unspecified atom stereocenters. The number of amides is 2. The maximum Gasteiger partial charge on any atom is 0.410 e. The second-order valence-corrected chi connectivity index (χ2v) is 7.70. The highest BCUT2D eigenvalue weighted by Gasteiger charge is 2.34. The van der Waals surface area contributed by atoms with E-state index in [-0.39, 0.29) is 42.0 Å². The van der Waals surface area contributed by atoms with Crippen molar-refractivity contribution < 1.29 is 14.3 Å². The molecule has 1 aliphatic rings. The van der Waals surface area contributed by atoms with Crippen LogP contribution in [-0.2, 0) is 11.3 Å². The summed E-state index contributed by atoms with van der Waals surface area (Å²) in [6.07, 6.45) is -0.288. The molecule has 0 aromatic heterocycles. The average molecular weight is 517 g/mol. The number of ether oxygens (including phenoxy) is 1. The number of carbonyl (C=O) groups excluding carboxylic acids is 2. The van der Waals surface area contributed by atoms with E-state index in [1.807, 2.05) is 39.8 Å². The Morgan fingerprint density at radius 1 is 1.21 bits per heavy atom. The number of hydrogen-bond donors (Lipinski definition) is 3. The largest absolute Gasteiger partial charge is 0.444 e. The third-order valence-corrected chi connectivity index (χ3v) is 4.08. The Hall–Kier alpha value is -2.04. The van der Waals surface area contributed by atoms with Gasteiger partial charge in [-0.3, -0.25) is 4.79 Å². The number of hydrogen-bond acceptors (Lipinski definition) is 4. The number of nitrogens with one attached hydrogen (secondary N) is 3. The van der Waals surface area contributed by atoms with Crippen LogP contribution >= 0.6 is 24.0 Å². The SMILES string of the molecule is CCNC(=NCc1ccc(C(=O)NC)cc1)NC1CN(C(=O)OC(C)(C)C)C1.I. The molecule has 1 saturated heterocycles. The minimum Gasteiger partial charge on any atom is -0.444 e. The van der Waals surface area contributed by atoms with Gasteiger partial charge in [0, 0.05) is 32.2 Å². The quantitative estimate of drug-likeness (QED) is 0.317. The Bertz CT molecular complexity index is 710. The molecule has 1 fully saturated rings. The van der Waals surface area contributed by atoms with E-state index >= 15 is 0 Å². The van der Waals surface area contributed by atoms with Crippen molar-refractivity contribution in [3.05, 3.63) is 35.4 Å². The fraction of sp³-hybridized carbons (Fsp3) is 0.550. The van der Waals surface area contributed by atoms with E-state index in [2.05, 4.69) is 20.9 Å². The van der Waals surface area contributed by atoms with Crippen LogP contribution < -0.4 is 16.0 Å². The van der Waals surface area contributed by atoms with Gasteiger partial charge >= 0.3 is 6.09 Å². The summed E-state index contributed by atoms with van der Waals surface area (Å²) in [4.78, 5) is 29.9. The van der Waals surface area contributed by atoms with Crippen molar-refractivity contribution in [1.29, 1.82) is 0 Å². The molecule has 0 saturated carbocycles. The van der Waals surface area contributed by atoms with Crippen LogP contribution in [0, 0.1) is 0 Å². The van der Waals surface area contributed by atoms with Crippen LogP contribution in [0.1, 0.15) is 43.6 Å². The number of halogens is 1. The Morgan fingerprint density at radius 3 is 2.34 bits per heavy atom. The highest BCUT2D eigenvalue weighted by molar-refractivity contribution is 14.0. The van der Waals surface area contributed by atoms with Gasteiger partial charge in [0.25, 0.3) is 5.91 Å². The first kappa shape index (κ1) is 25.0. The summed E-state index contributed by atoms with van der Waals surface area (Å²) in [6, 6.07) is 7.50. The molecule has 0 bridgehead atoms. The fourth-order valence-electron chi connectivity index (χ4n) is 2.64. The summed E-state index contributed by atoms with van der Waals surface area (Å²) in [5.41, 5.74) is 1.14. The summed E-state index contributed by atoms with van der Waals surface area (Å²) in [5.74, 6) is 0.594. The van der Waals surface area contributed by atoms with E-state index in [4.69, 9.17) is 4.74 Å². The van der Waals surface area contributed by atoms with Crippen LogP contribution in [0.3, 0.4) is 0 Å². The van der Waals surface area contributed by atoms with Crippen LogP contribution in [0.5, 0.6) is 0 Å². The van der Waals surface area contributed by atoms with Gasteiger partial charge in [-0.25, -0.2) is 9.79 Å². The van der Waals surface area contributed by atoms with E-state index in [0.717, 1.165) is 12.1 Å². The molecule has 1 aromatic rings. The van der Waals surface area contributed by atoms with E-state index in [1.54, 1.807) is 24.1 Å². The molecule has 2 rings (SSSR count). The van der Waals surface area contributed by atoms with Gasteiger partial charge in [-0.05, 0) is 45.4 Å². The third kappa shape index (κ3) is 8.08. The van der Waals surface area contributed by atoms with Crippen LogP contribution in [-0.4, -0.2) is 61.2 Å². The van der Waals surface area contributed by atoms with E-state index in [9.17, 15) is 9.59 Å². The lowest BCUT2D eigenvalue weighted by Gasteiger charge is -2.40. The Labute approximate surface area is 189 Å². The predicted octanol–water partition coefficient (Wildman–Crippen LogP) is 2.34. The Kier molecular flexibility index (Phi) is 9.67. The van der Waals surface area contributed by atoms with Gasteiger partial charge in [0.05, 0.1) is 12.6 Å². The maximum atomic E-state index is 12.0. The first-order valence-electron chi connectivity index (χ1n) is 9.55. The summed E-state index contributed by atoms with van der Waals surface area (Å²) < 4.78 is 5.37. The van der Waals surface area contributed by atoms with Gasteiger partial charge in [-0.2, -0.15) is 0 Å². The molecule has 2 amide bonds. The van der Waals surface area contributed by atoms with E-state index in [1.165, 1.54) is 0 Å². The van der Waals surface area contributed by atoms with Gasteiger partial charge in [0.15, 0.2) is 5.96 Å². The first-order valence-corrected chi connectivity index (χ1v) is 9.55. The van der Waals surface area contributed by atoms with Crippen molar-refractivity contribution in [3.63, 3.8) is 0 Å². The van der Waals surface area contributed by atoms with E-state index in [0.29, 0.717) is 31.2 Å². The molecule has 3 N–H and O–H groups in total. The molecule has 0 spiro atoms. The number of nitrogens with zero attached hydrogens (tertiary/aromatic N) is 2. The van der Waals surface area contributed by atoms with Crippen LogP contribution in [0.2, 0.25) is 0 Å². The van der Waals surface area contributed by atoms with Gasteiger partial charge in [0.1, 0.15) is 5.60 Å². The second-order valence-electron chi connectivity index (χ2n) is 7.70. The normalized spacial score (nSPS) is 14.4. The zero-order valence-electron chi connectivity index (χ0n) is 17.7. The van der Waals surface area contributed by atoms with Crippen molar-refractivity contribution in [1.82, 2.24) is 20.9 Å².